The first kappa shape index (κ1) is 12.8. The van der Waals surface area contributed by atoms with Crippen LogP contribution in [0.2, 0.25) is 0 Å². The average Bonchev–Trinajstić information content (AvgIpc) is 2.40. The summed E-state index contributed by atoms with van der Waals surface area (Å²) in [6.45, 7) is -0.0426. The van der Waals surface area contributed by atoms with E-state index in [-0.39, 0.29) is 12.5 Å². The molecule has 1 unspecified atom stereocenters. The zero-order chi connectivity index (χ0) is 13.5. The summed E-state index contributed by atoms with van der Waals surface area (Å²) >= 11 is 0. The van der Waals surface area contributed by atoms with Crippen molar-refractivity contribution in [3.05, 3.63) is 24.3 Å². The molecule has 1 aliphatic rings. The summed E-state index contributed by atoms with van der Waals surface area (Å²) in [4.78, 5) is 13.4. The Kier molecular flexibility index (Phi) is 3.04. The van der Waals surface area contributed by atoms with Gasteiger partial charge in [-0.1, -0.05) is 12.1 Å². The van der Waals surface area contributed by atoms with E-state index in [9.17, 15) is 13.2 Å². The van der Waals surface area contributed by atoms with Crippen molar-refractivity contribution in [2.75, 3.05) is 29.1 Å². The van der Waals surface area contributed by atoms with Crippen LogP contribution in [-0.4, -0.2) is 40.2 Å². The molecule has 1 aliphatic heterocycles. The van der Waals surface area contributed by atoms with Crippen molar-refractivity contribution < 1.29 is 13.2 Å². The number of fused-ring (bicyclic) bond motifs is 1. The van der Waals surface area contributed by atoms with Gasteiger partial charge < -0.3 is 10.6 Å². The largest absolute Gasteiger partial charge is 0.318 e. The summed E-state index contributed by atoms with van der Waals surface area (Å²) in [5.41, 5.74) is 6.76. The summed E-state index contributed by atoms with van der Waals surface area (Å²) in [6, 6.07) is 5.98. The Labute approximate surface area is 106 Å². The highest BCUT2D eigenvalue weighted by Gasteiger charge is 2.32. The van der Waals surface area contributed by atoms with Gasteiger partial charge in [-0.25, -0.2) is 8.42 Å². The third kappa shape index (κ3) is 2.06. The molecule has 6 nitrogen and oxygen atoms in total. The van der Waals surface area contributed by atoms with Crippen molar-refractivity contribution in [2.24, 2.45) is 5.73 Å². The standard InChI is InChI=1S/C11H15N3O3S/c1-13-9-5-3-4-6-10(9)14(18(2,16)17)7-8(12)11(13)15/h3-6,8H,7,12H2,1-2H3. The maximum atomic E-state index is 12.0. The van der Waals surface area contributed by atoms with Crippen LogP contribution in [0, 0.1) is 0 Å². The molecule has 1 heterocycles. The number of carbonyl (C=O) groups excluding carboxylic acids is 1. The number of anilines is 2. The topological polar surface area (TPSA) is 83.7 Å². The predicted octanol–water partition coefficient (Wildman–Crippen LogP) is -0.244. The van der Waals surface area contributed by atoms with Crippen LogP contribution in [0.5, 0.6) is 0 Å². The molecular formula is C11H15N3O3S. The Hall–Kier alpha value is -1.60. The molecule has 98 valence electrons. The lowest BCUT2D eigenvalue weighted by Crippen LogP contribution is -2.47. The third-order valence-electron chi connectivity index (χ3n) is 2.92. The third-order valence-corrected chi connectivity index (χ3v) is 4.07. The number of para-hydroxylation sites is 2. The Balaban J connectivity index is 2.65. The fourth-order valence-corrected chi connectivity index (χ4v) is 2.94. The number of sulfonamides is 1. The molecule has 1 amide bonds. The van der Waals surface area contributed by atoms with Crippen molar-refractivity contribution in [1.82, 2.24) is 0 Å². The number of carbonyl (C=O) groups is 1. The molecule has 0 aliphatic carbocycles. The number of rotatable bonds is 1. The number of amides is 1. The first-order valence-corrected chi connectivity index (χ1v) is 7.27. The quantitative estimate of drug-likeness (QED) is 0.762. The normalized spacial score (nSPS) is 20.6. The highest BCUT2D eigenvalue weighted by molar-refractivity contribution is 7.92. The van der Waals surface area contributed by atoms with E-state index in [1.807, 2.05) is 0 Å². The molecule has 18 heavy (non-hydrogen) atoms. The van der Waals surface area contributed by atoms with Crippen LogP contribution in [0.1, 0.15) is 0 Å². The fourth-order valence-electron chi connectivity index (χ4n) is 2.00. The van der Waals surface area contributed by atoms with E-state index in [1.165, 1.54) is 9.21 Å². The smallest absolute Gasteiger partial charge is 0.245 e. The summed E-state index contributed by atoms with van der Waals surface area (Å²) in [5, 5.41) is 0. The van der Waals surface area contributed by atoms with E-state index in [2.05, 4.69) is 0 Å². The lowest BCUT2D eigenvalue weighted by atomic mass is 10.2. The molecule has 0 radical (unpaired) electrons. The molecular weight excluding hydrogens is 254 g/mol. The highest BCUT2D eigenvalue weighted by atomic mass is 32.2. The Morgan fingerprint density at radius 2 is 1.83 bits per heavy atom. The predicted molar refractivity (Wildman–Crippen MR) is 70.0 cm³/mol. The van der Waals surface area contributed by atoms with Crippen LogP contribution in [0.15, 0.2) is 24.3 Å². The number of hydrogen-bond acceptors (Lipinski definition) is 4. The second-order valence-corrected chi connectivity index (χ2v) is 6.19. The minimum Gasteiger partial charge on any atom is -0.318 e. The minimum atomic E-state index is -3.47. The van der Waals surface area contributed by atoms with Crippen molar-refractivity contribution in [3.63, 3.8) is 0 Å². The van der Waals surface area contributed by atoms with Gasteiger partial charge >= 0.3 is 0 Å². The Morgan fingerprint density at radius 1 is 1.28 bits per heavy atom. The summed E-state index contributed by atoms with van der Waals surface area (Å²) < 4.78 is 24.8. The van der Waals surface area contributed by atoms with Crippen LogP contribution >= 0.6 is 0 Å². The zero-order valence-electron chi connectivity index (χ0n) is 10.2. The fraction of sp³-hybridized carbons (Fsp3) is 0.364. The van der Waals surface area contributed by atoms with Gasteiger partial charge in [0.1, 0.15) is 6.04 Å². The average molecular weight is 269 g/mol. The highest BCUT2D eigenvalue weighted by Crippen LogP contribution is 2.32. The molecule has 0 aromatic heterocycles. The number of likely N-dealkylation sites (N-methyl/N-ethyl adjacent to an activating group) is 1. The molecule has 0 saturated heterocycles. The van der Waals surface area contributed by atoms with E-state index in [4.69, 9.17) is 5.73 Å². The lowest BCUT2D eigenvalue weighted by molar-refractivity contribution is -0.119. The summed E-state index contributed by atoms with van der Waals surface area (Å²) in [6.07, 6.45) is 1.10. The van der Waals surface area contributed by atoms with Crippen LogP contribution in [0.4, 0.5) is 11.4 Å². The molecule has 1 aromatic carbocycles. The molecule has 7 heteroatoms. The van der Waals surface area contributed by atoms with Gasteiger partial charge in [0.15, 0.2) is 0 Å². The first-order chi connectivity index (χ1) is 8.32. The van der Waals surface area contributed by atoms with Crippen molar-refractivity contribution in [1.29, 1.82) is 0 Å². The van der Waals surface area contributed by atoms with Gasteiger partial charge in [-0.05, 0) is 12.1 Å². The van der Waals surface area contributed by atoms with Crippen LogP contribution in [0.3, 0.4) is 0 Å². The number of benzene rings is 1. The second-order valence-electron chi connectivity index (χ2n) is 4.29. The number of nitrogens with zero attached hydrogens (tertiary/aromatic N) is 2. The van der Waals surface area contributed by atoms with Crippen molar-refractivity contribution in [3.8, 4) is 0 Å². The Bertz CT molecular complexity index is 585. The second kappa shape index (κ2) is 4.25. The monoisotopic (exact) mass is 269 g/mol. The zero-order valence-corrected chi connectivity index (χ0v) is 11.0. The number of nitrogens with two attached hydrogens (primary N) is 1. The van der Waals surface area contributed by atoms with Gasteiger partial charge in [0.25, 0.3) is 0 Å². The number of hydrogen-bond donors (Lipinski definition) is 1. The van der Waals surface area contributed by atoms with Crippen molar-refractivity contribution >= 4 is 27.3 Å². The van der Waals surface area contributed by atoms with Crippen LogP contribution in [0.25, 0.3) is 0 Å². The molecule has 0 fully saturated rings. The van der Waals surface area contributed by atoms with Gasteiger partial charge in [-0.3, -0.25) is 9.10 Å². The van der Waals surface area contributed by atoms with E-state index >= 15 is 0 Å². The SMILES string of the molecule is CN1C(=O)C(N)CN(S(C)(=O)=O)c2ccccc21. The molecule has 0 spiro atoms. The van der Waals surface area contributed by atoms with Gasteiger partial charge in [0, 0.05) is 7.05 Å². The summed E-state index contributed by atoms with van der Waals surface area (Å²) in [5.74, 6) is -0.298. The van der Waals surface area contributed by atoms with Crippen LogP contribution in [-0.2, 0) is 14.8 Å². The lowest BCUT2D eigenvalue weighted by Gasteiger charge is -2.23. The van der Waals surface area contributed by atoms with Crippen molar-refractivity contribution in [2.45, 2.75) is 6.04 Å². The van der Waals surface area contributed by atoms with Crippen LogP contribution < -0.4 is 14.9 Å². The van der Waals surface area contributed by atoms with Gasteiger partial charge in [0.2, 0.25) is 15.9 Å². The van der Waals surface area contributed by atoms with E-state index < -0.39 is 16.1 Å². The first-order valence-electron chi connectivity index (χ1n) is 5.42. The molecule has 1 atom stereocenters. The molecule has 1 aromatic rings. The minimum absolute atomic E-state index is 0.0426. The van der Waals surface area contributed by atoms with Gasteiger partial charge in [-0.2, -0.15) is 0 Å². The van der Waals surface area contributed by atoms with Gasteiger partial charge in [-0.15, -0.1) is 0 Å². The molecule has 0 saturated carbocycles. The van der Waals surface area contributed by atoms with E-state index in [0.717, 1.165) is 6.26 Å². The molecule has 2 N–H and O–H groups in total. The maximum absolute atomic E-state index is 12.0. The van der Waals surface area contributed by atoms with E-state index in [1.54, 1.807) is 31.3 Å². The molecule has 2 rings (SSSR count). The van der Waals surface area contributed by atoms with Gasteiger partial charge in [0.05, 0.1) is 24.2 Å². The maximum Gasteiger partial charge on any atom is 0.245 e. The van der Waals surface area contributed by atoms with E-state index in [0.29, 0.717) is 11.4 Å². The molecule has 0 bridgehead atoms. The Morgan fingerprint density at radius 3 is 2.39 bits per heavy atom. The summed E-state index contributed by atoms with van der Waals surface area (Å²) in [7, 11) is -1.88.